The summed E-state index contributed by atoms with van der Waals surface area (Å²) >= 11 is 0. The van der Waals surface area contributed by atoms with Gasteiger partial charge in [-0.1, -0.05) is 6.07 Å². The maximum atomic E-state index is 14.3. The molecule has 0 atom stereocenters. The molecule has 0 spiro atoms. The number of benzene rings is 2. The van der Waals surface area contributed by atoms with Crippen LogP contribution in [0.3, 0.4) is 0 Å². The van der Waals surface area contributed by atoms with Crippen LogP contribution >= 0.6 is 0 Å². The summed E-state index contributed by atoms with van der Waals surface area (Å²) in [5.41, 5.74) is 2.55. The van der Waals surface area contributed by atoms with Crippen molar-refractivity contribution in [3.8, 4) is 16.9 Å². The van der Waals surface area contributed by atoms with Gasteiger partial charge in [0.2, 0.25) is 10.0 Å². The number of aromatic nitrogens is 1. The van der Waals surface area contributed by atoms with E-state index in [-0.39, 0.29) is 17.5 Å². The molecule has 31 heavy (non-hydrogen) atoms. The summed E-state index contributed by atoms with van der Waals surface area (Å²) in [4.78, 5) is 4.26. The van der Waals surface area contributed by atoms with Crippen molar-refractivity contribution in [3.63, 3.8) is 0 Å². The smallest absolute Gasteiger partial charge is 0.213 e. The summed E-state index contributed by atoms with van der Waals surface area (Å²) in [6, 6.07) is 11.0. The Balaban J connectivity index is 1.63. The fraction of sp³-hybridized carbons (Fsp3) is 0.348. The number of nitrogens with zero attached hydrogens (tertiary/aromatic N) is 2. The second-order valence-corrected chi connectivity index (χ2v) is 9.95. The lowest BCUT2D eigenvalue weighted by Gasteiger charge is -2.32. The van der Waals surface area contributed by atoms with Gasteiger partial charge in [0, 0.05) is 42.6 Å². The molecule has 0 radical (unpaired) electrons. The van der Waals surface area contributed by atoms with Crippen LogP contribution in [0.1, 0.15) is 19.8 Å². The molecule has 1 N–H and O–H groups in total. The van der Waals surface area contributed by atoms with Gasteiger partial charge in [0.15, 0.2) is 11.6 Å². The lowest BCUT2D eigenvalue weighted by molar-refractivity contribution is 0.330. The Hall–Kier alpha value is -2.71. The lowest BCUT2D eigenvalue weighted by atomic mass is 9.99. The highest BCUT2D eigenvalue weighted by Crippen LogP contribution is 2.33. The third-order valence-electron chi connectivity index (χ3n) is 5.81. The van der Waals surface area contributed by atoms with E-state index in [1.165, 1.54) is 13.2 Å². The molecular weight excluding hydrogens is 417 g/mol. The number of rotatable bonds is 6. The first-order valence-electron chi connectivity index (χ1n) is 10.4. The van der Waals surface area contributed by atoms with E-state index in [0.29, 0.717) is 13.1 Å². The number of hydrogen-bond acceptors (Lipinski definition) is 5. The van der Waals surface area contributed by atoms with Crippen molar-refractivity contribution in [1.82, 2.24) is 9.29 Å². The molecular formula is C23H26FN3O3S. The van der Waals surface area contributed by atoms with Crippen LogP contribution in [-0.4, -0.2) is 49.7 Å². The number of anilines is 1. The van der Waals surface area contributed by atoms with Gasteiger partial charge in [-0.05, 0) is 66.6 Å². The average molecular weight is 444 g/mol. The Bertz CT molecular complexity index is 1190. The monoisotopic (exact) mass is 443 g/mol. The van der Waals surface area contributed by atoms with Crippen molar-refractivity contribution in [1.29, 1.82) is 0 Å². The first-order chi connectivity index (χ1) is 14.9. The quantitative estimate of drug-likeness (QED) is 0.616. The molecule has 4 rings (SSSR count). The van der Waals surface area contributed by atoms with Crippen LogP contribution in [0.5, 0.6) is 5.75 Å². The van der Waals surface area contributed by atoms with E-state index in [1.807, 2.05) is 30.5 Å². The number of hydrogen-bond donors (Lipinski definition) is 1. The van der Waals surface area contributed by atoms with Gasteiger partial charge in [0.05, 0.1) is 12.9 Å². The topological polar surface area (TPSA) is 71.5 Å². The van der Waals surface area contributed by atoms with Gasteiger partial charge in [-0.15, -0.1) is 0 Å². The molecule has 2 aromatic carbocycles. The minimum atomic E-state index is -3.16. The van der Waals surface area contributed by atoms with Crippen molar-refractivity contribution in [2.75, 3.05) is 31.3 Å². The summed E-state index contributed by atoms with van der Waals surface area (Å²) in [5, 5.41) is 5.55. The minimum absolute atomic E-state index is 0.127. The van der Waals surface area contributed by atoms with Crippen LogP contribution in [-0.2, 0) is 10.0 Å². The molecule has 0 bridgehead atoms. The Morgan fingerprint density at radius 3 is 2.61 bits per heavy atom. The normalized spacial score (nSPS) is 15.8. The maximum absolute atomic E-state index is 14.3. The predicted octanol–water partition coefficient (Wildman–Crippen LogP) is 4.28. The summed E-state index contributed by atoms with van der Waals surface area (Å²) in [7, 11) is -1.71. The molecule has 0 amide bonds. The number of halogens is 1. The number of pyridine rings is 1. The summed E-state index contributed by atoms with van der Waals surface area (Å²) in [5.74, 6) is -0.0725. The zero-order valence-corrected chi connectivity index (χ0v) is 18.5. The van der Waals surface area contributed by atoms with Crippen LogP contribution < -0.4 is 10.1 Å². The lowest BCUT2D eigenvalue weighted by Crippen LogP contribution is -2.42. The molecule has 1 aromatic heterocycles. The van der Waals surface area contributed by atoms with Crippen molar-refractivity contribution in [2.45, 2.75) is 25.8 Å². The Morgan fingerprint density at radius 2 is 1.94 bits per heavy atom. The number of fused-ring (bicyclic) bond motifs is 1. The average Bonchev–Trinajstić information content (AvgIpc) is 2.79. The molecule has 2 heterocycles. The van der Waals surface area contributed by atoms with Gasteiger partial charge >= 0.3 is 0 Å². The van der Waals surface area contributed by atoms with E-state index in [4.69, 9.17) is 4.74 Å². The van der Waals surface area contributed by atoms with Gasteiger partial charge in [-0.2, -0.15) is 0 Å². The molecule has 6 nitrogen and oxygen atoms in total. The molecule has 3 aromatic rings. The molecule has 0 aliphatic carbocycles. The third kappa shape index (κ3) is 4.50. The molecule has 0 unspecified atom stereocenters. The second-order valence-electron chi connectivity index (χ2n) is 7.69. The van der Waals surface area contributed by atoms with Crippen LogP contribution in [0, 0.1) is 5.82 Å². The Kier molecular flexibility index (Phi) is 6.11. The highest BCUT2D eigenvalue weighted by Gasteiger charge is 2.27. The molecule has 0 saturated carbocycles. The minimum Gasteiger partial charge on any atom is -0.494 e. The number of piperidine rings is 1. The highest BCUT2D eigenvalue weighted by molar-refractivity contribution is 7.89. The Morgan fingerprint density at radius 1 is 1.16 bits per heavy atom. The summed E-state index contributed by atoms with van der Waals surface area (Å²) < 4.78 is 45.1. The van der Waals surface area contributed by atoms with Crippen molar-refractivity contribution < 1.29 is 17.5 Å². The SMILES string of the molecule is CCS(=O)(=O)N1CCC(Nc2cc(-c3ccc(OC)c(F)c3)cc3ccncc23)CC1. The second kappa shape index (κ2) is 8.80. The first kappa shape index (κ1) is 21.5. The van der Waals surface area contributed by atoms with Crippen molar-refractivity contribution >= 4 is 26.5 Å². The molecule has 8 heteroatoms. The fourth-order valence-electron chi connectivity index (χ4n) is 4.01. The van der Waals surface area contributed by atoms with Gasteiger partial charge in [-0.25, -0.2) is 17.1 Å². The zero-order valence-electron chi connectivity index (χ0n) is 17.6. The van der Waals surface area contributed by atoms with Gasteiger partial charge in [0.25, 0.3) is 0 Å². The largest absolute Gasteiger partial charge is 0.494 e. The Labute approximate surface area is 182 Å². The number of sulfonamides is 1. The van der Waals surface area contributed by atoms with Crippen LogP contribution in [0.2, 0.25) is 0 Å². The van der Waals surface area contributed by atoms with Crippen LogP contribution in [0.15, 0.2) is 48.8 Å². The van der Waals surface area contributed by atoms with E-state index >= 15 is 0 Å². The van der Waals surface area contributed by atoms with Crippen molar-refractivity contribution in [2.24, 2.45) is 0 Å². The van der Waals surface area contributed by atoms with E-state index < -0.39 is 15.8 Å². The van der Waals surface area contributed by atoms with Crippen LogP contribution in [0.4, 0.5) is 10.1 Å². The first-order valence-corrected chi connectivity index (χ1v) is 12.0. The van der Waals surface area contributed by atoms with E-state index in [0.717, 1.165) is 40.4 Å². The van der Waals surface area contributed by atoms with Crippen molar-refractivity contribution in [3.05, 3.63) is 54.6 Å². The standard InChI is InChI=1S/C23H26FN3O3S/c1-3-31(28,29)27-10-7-19(8-11-27)26-22-14-18(12-17-6-9-25-15-20(17)22)16-4-5-23(30-2)21(24)13-16/h4-6,9,12-15,19,26H,3,7-8,10-11H2,1-2H3. The molecule has 164 valence electrons. The number of nitrogens with one attached hydrogen (secondary N) is 1. The predicted molar refractivity (Wildman–Crippen MR) is 121 cm³/mol. The third-order valence-corrected chi connectivity index (χ3v) is 7.69. The van der Waals surface area contributed by atoms with E-state index in [1.54, 1.807) is 23.5 Å². The zero-order chi connectivity index (χ0) is 22.0. The number of methoxy groups -OCH3 is 1. The van der Waals surface area contributed by atoms with Crippen LogP contribution in [0.25, 0.3) is 21.9 Å². The van der Waals surface area contributed by atoms with Gasteiger partial charge in [-0.3, -0.25) is 4.98 Å². The maximum Gasteiger partial charge on any atom is 0.213 e. The number of ether oxygens (including phenoxy) is 1. The van der Waals surface area contributed by atoms with Gasteiger partial charge in [0.1, 0.15) is 0 Å². The molecule has 1 aliphatic rings. The summed E-state index contributed by atoms with van der Waals surface area (Å²) in [6.07, 6.45) is 5.00. The molecule has 1 aliphatic heterocycles. The fourth-order valence-corrected chi connectivity index (χ4v) is 5.14. The van der Waals surface area contributed by atoms with E-state index in [9.17, 15) is 12.8 Å². The molecule has 1 saturated heterocycles. The molecule has 1 fully saturated rings. The summed E-state index contributed by atoms with van der Waals surface area (Å²) in [6.45, 7) is 2.69. The van der Waals surface area contributed by atoms with E-state index in [2.05, 4.69) is 10.3 Å². The van der Waals surface area contributed by atoms with Gasteiger partial charge < -0.3 is 10.1 Å². The highest BCUT2D eigenvalue weighted by atomic mass is 32.2.